The highest BCUT2D eigenvalue weighted by atomic mass is 19.3. The third-order valence-corrected chi connectivity index (χ3v) is 2.14. The molecule has 1 rings (SSSR count). The maximum Gasteiger partial charge on any atom is 0.263 e. The number of hydrogen-bond donors (Lipinski definition) is 1. The van der Waals surface area contributed by atoms with E-state index in [1.165, 1.54) is 0 Å². The Morgan fingerprint density at radius 1 is 1.45 bits per heavy atom. The number of nitrogens with two attached hydrogens (primary N) is 1. The Labute approximate surface area is 65.3 Å². The molecule has 1 nitrogen and oxygen atoms in total. The minimum Gasteiger partial charge on any atom is -0.325 e. The highest BCUT2D eigenvalue weighted by Crippen LogP contribution is 2.32. The van der Waals surface area contributed by atoms with Crippen LogP contribution in [-0.2, 0) is 0 Å². The quantitative estimate of drug-likeness (QED) is 0.615. The van der Waals surface area contributed by atoms with Crippen molar-refractivity contribution in [2.75, 3.05) is 6.54 Å². The van der Waals surface area contributed by atoms with E-state index >= 15 is 0 Å². The normalized spacial score (nSPS) is 25.5. The first kappa shape index (κ1) is 8.65. The average Bonchev–Trinajstić information content (AvgIpc) is 2.06. The Kier molecular flexibility index (Phi) is 2.60. The van der Waals surface area contributed by atoms with Crippen molar-refractivity contribution in [2.45, 2.75) is 25.2 Å². The lowest BCUT2D eigenvalue weighted by Gasteiger charge is -2.26. The average molecular weight is 161 g/mol. The van der Waals surface area contributed by atoms with Crippen LogP contribution in [0.15, 0.2) is 12.2 Å². The molecule has 0 heterocycles. The van der Waals surface area contributed by atoms with Crippen molar-refractivity contribution >= 4 is 0 Å². The second-order valence-corrected chi connectivity index (χ2v) is 2.95. The summed E-state index contributed by atoms with van der Waals surface area (Å²) in [7, 11) is 0. The molecule has 1 unspecified atom stereocenters. The van der Waals surface area contributed by atoms with E-state index in [0.29, 0.717) is 12.8 Å². The van der Waals surface area contributed by atoms with Gasteiger partial charge in [-0.2, -0.15) is 0 Å². The van der Waals surface area contributed by atoms with Gasteiger partial charge in [-0.15, -0.1) is 0 Å². The molecule has 2 N–H and O–H groups in total. The molecule has 1 aliphatic carbocycles. The highest BCUT2D eigenvalue weighted by molar-refractivity contribution is 4.94. The molecule has 0 radical (unpaired) electrons. The van der Waals surface area contributed by atoms with Crippen molar-refractivity contribution in [1.29, 1.82) is 0 Å². The minimum atomic E-state index is -2.66. The molecule has 0 amide bonds. The van der Waals surface area contributed by atoms with E-state index in [2.05, 4.69) is 0 Å². The molecule has 0 saturated heterocycles. The molecule has 11 heavy (non-hydrogen) atoms. The third-order valence-electron chi connectivity index (χ3n) is 2.14. The Morgan fingerprint density at radius 3 is 2.64 bits per heavy atom. The molecule has 0 aromatic carbocycles. The van der Waals surface area contributed by atoms with Crippen LogP contribution in [0.4, 0.5) is 8.78 Å². The van der Waals surface area contributed by atoms with Crippen LogP contribution < -0.4 is 5.73 Å². The zero-order valence-electron chi connectivity index (χ0n) is 6.39. The Bertz CT molecular complexity index is 154. The monoisotopic (exact) mass is 161 g/mol. The van der Waals surface area contributed by atoms with E-state index in [1.807, 2.05) is 12.2 Å². The standard InChI is InChI=1S/C8H13F2N/c9-8(10,6-11)7-4-2-1-3-5-7/h1-2,7H,3-6,11H2. The molecular formula is C8H13F2N. The van der Waals surface area contributed by atoms with Crippen LogP contribution in [0.3, 0.4) is 0 Å². The lowest BCUT2D eigenvalue weighted by atomic mass is 9.89. The third kappa shape index (κ3) is 1.99. The van der Waals surface area contributed by atoms with Gasteiger partial charge in [0.1, 0.15) is 0 Å². The van der Waals surface area contributed by atoms with E-state index in [4.69, 9.17) is 5.73 Å². The predicted molar refractivity (Wildman–Crippen MR) is 40.5 cm³/mol. The van der Waals surface area contributed by atoms with Gasteiger partial charge in [0.2, 0.25) is 0 Å². The van der Waals surface area contributed by atoms with Crippen LogP contribution in [0.1, 0.15) is 19.3 Å². The molecule has 0 spiro atoms. The second-order valence-electron chi connectivity index (χ2n) is 2.95. The van der Waals surface area contributed by atoms with Crippen molar-refractivity contribution < 1.29 is 8.78 Å². The van der Waals surface area contributed by atoms with Crippen LogP contribution in [0, 0.1) is 5.92 Å². The summed E-state index contributed by atoms with van der Waals surface area (Å²) in [6, 6.07) is 0. The van der Waals surface area contributed by atoms with Gasteiger partial charge in [0.05, 0.1) is 6.54 Å². The summed E-state index contributed by atoms with van der Waals surface area (Å²) in [6.45, 7) is -0.522. The molecule has 0 aliphatic heterocycles. The van der Waals surface area contributed by atoms with Gasteiger partial charge in [-0.05, 0) is 19.3 Å². The van der Waals surface area contributed by atoms with Crippen LogP contribution >= 0.6 is 0 Å². The van der Waals surface area contributed by atoms with Gasteiger partial charge in [0.25, 0.3) is 5.92 Å². The van der Waals surface area contributed by atoms with E-state index in [-0.39, 0.29) is 0 Å². The van der Waals surface area contributed by atoms with Gasteiger partial charge < -0.3 is 5.73 Å². The maximum atomic E-state index is 12.9. The number of hydrogen-bond acceptors (Lipinski definition) is 1. The van der Waals surface area contributed by atoms with Gasteiger partial charge in [-0.25, -0.2) is 8.78 Å². The predicted octanol–water partition coefficient (Wildman–Crippen LogP) is 1.94. The Balaban J connectivity index is 2.52. The lowest BCUT2D eigenvalue weighted by Crippen LogP contribution is -2.36. The van der Waals surface area contributed by atoms with Crippen molar-refractivity contribution in [1.82, 2.24) is 0 Å². The van der Waals surface area contributed by atoms with Crippen molar-refractivity contribution in [3.05, 3.63) is 12.2 Å². The van der Waals surface area contributed by atoms with Crippen molar-refractivity contribution in [3.8, 4) is 0 Å². The van der Waals surface area contributed by atoms with E-state index in [0.717, 1.165) is 6.42 Å². The molecule has 3 heteroatoms. The molecule has 0 bridgehead atoms. The summed E-state index contributed by atoms with van der Waals surface area (Å²) in [4.78, 5) is 0. The SMILES string of the molecule is NCC(F)(F)C1CC=CCC1. The number of halogens is 2. The molecule has 0 fully saturated rings. The Morgan fingerprint density at radius 2 is 2.18 bits per heavy atom. The van der Waals surface area contributed by atoms with Crippen molar-refractivity contribution in [2.24, 2.45) is 11.7 Å². The summed E-state index contributed by atoms with van der Waals surface area (Å²) in [5.74, 6) is -3.19. The first-order chi connectivity index (χ1) is 5.17. The van der Waals surface area contributed by atoms with Gasteiger partial charge in [0, 0.05) is 5.92 Å². The van der Waals surface area contributed by atoms with Gasteiger partial charge in [-0.1, -0.05) is 12.2 Å². The maximum absolute atomic E-state index is 12.9. The van der Waals surface area contributed by atoms with Gasteiger partial charge in [0.15, 0.2) is 0 Å². The van der Waals surface area contributed by atoms with Crippen LogP contribution in [0.5, 0.6) is 0 Å². The second kappa shape index (κ2) is 3.30. The summed E-state index contributed by atoms with van der Waals surface area (Å²) < 4.78 is 25.8. The zero-order chi connectivity index (χ0) is 8.32. The van der Waals surface area contributed by atoms with E-state index < -0.39 is 18.4 Å². The molecule has 1 aliphatic rings. The Hall–Kier alpha value is -0.440. The summed E-state index contributed by atoms with van der Waals surface area (Å²) in [5.41, 5.74) is 4.96. The summed E-state index contributed by atoms with van der Waals surface area (Å²) >= 11 is 0. The number of rotatable bonds is 2. The fourth-order valence-corrected chi connectivity index (χ4v) is 1.34. The number of allylic oxidation sites excluding steroid dienone is 2. The topological polar surface area (TPSA) is 26.0 Å². The van der Waals surface area contributed by atoms with Gasteiger partial charge >= 0.3 is 0 Å². The molecule has 1 atom stereocenters. The largest absolute Gasteiger partial charge is 0.325 e. The zero-order valence-corrected chi connectivity index (χ0v) is 6.39. The molecule has 0 aromatic heterocycles. The van der Waals surface area contributed by atoms with Crippen molar-refractivity contribution in [3.63, 3.8) is 0 Å². The van der Waals surface area contributed by atoms with Gasteiger partial charge in [-0.3, -0.25) is 0 Å². The molecular weight excluding hydrogens is 148 g/mol. The molecule has 0 aromatic rings. The van der Waals surface area contributed by atoms with Crippen LogP contribution in [0.25, 0.3) is 0 Å². The first-order valence-electron chi connectivity index (χ1n) is 3.89. The van der Waals surface area contributed by atoms with E-state index in [1.54, 1.807) is 0 Å². The number of alkyl halides is 2. The molecule has 64 valence electrons. The minimum absolute atomic E-state index is 0.476. The van der Waals surface area contributed by atoms with Crippen LogP contribution in [0.2, 0.25) is 0 Å². The smallest absolute Gasteiger partial charge is 0.263 e. The fraction of sp³-hybridized carbons (Fsp3) is 0.750. The summed E-state index contributed by atoms with van der Waals surface area (Å²) in [5, 5.41) is 0. The van der Waals surface area contributed by atoms with Crippen LogP contribution in [-0.4, -0.2) is 12.5 Å². The van der Waals surface area contributed by atoms with E-state index in [9.17, 15) is 8.78 Å². The lowest BCUT2D eigenvalue weighted by molar-refractivity contribution is -0.0518. The highest BCUT2D eigenvalue weighted by Gasteiger charge is 2.37. The molecule has 0 saturated carbocycles. The first-order valence-corrected chi connectivity index (χ1v) is 3.89. The fourth-order valence-electron chi connectivity index (χ4n) is 1.34. The summed E-state index contributed by atoms with van der Waals surface area (Å²) in [6.07, 6.45) is 5.58.